The van der Waals surface area contributed by atoms with Crippen LogP contribution >= 0.6 is 11.3 Å². The van der Waals surface area contributed by atoms with Crippen molar-refractivity contribution in [1.29, 1.82) is 0 Å². The Hall–Kier alpha value is -1.39. The SMILES string of the molecule is CCN(c1nc(-c2ccccc2)c(CNC)s1)C1CC1. The van der Waals surface area contributed by atoms with Gasteiger partial charge in [-0.05, 0) is 26.8 Å². The molecule has 4 heteroatoms. The molecule has 0 atom stereocenters. The third-order valence-corrected chi connectivity index (χ3v) is 4.74. The van der Waals surface area contributed by atoms with Gasteiger partial charge in [-0.25, -0.2) is 4.98 Å². The van der Waals surface area contributed by atoms with Crippen LogP contribution in [0.5, 0.6) is 0 Å². The van der Waals surface area contributed by atoms with Crippen LogP contribution in [0.4, 0.5) is 5.13 Å². The molecule has 0 radical (unpaired) electrons. The van der Waals surface area contributed by atoms with E-state index in [4.69, 9.17) is 4.98 Å². The lowest BCUT2D eigenvalue weighted by Crippen LogP contribution is -2.24. The standard InChI is InChI=1S/C16H21N3S/c1-3-19(13-9-10-13)16-18-15(14(20-16)11-17-2)12-7-5-4-6-8-12/h4-8,13,17H,3,9-11H2,1-2H3. The lowest BCUT2D eigenvalue weighted by Gasteiger charge is -2.18. The minimum Gasteiger partial charge on any atom is -0.345 e. The maximum absolute atomic E-state index is 4.94. The second-order valence-electron chi connectivity index (χ2n) is 5.18. The third-order valence-electron chi connectivity index (χ3n) is 3.64. The van der Waals surface area contributed by atoms with Crippen molar-refractivity contribution in [2.45, 2.75) is 32.4 Å². The molecular formula is C16H21N3S. The summed E-state index contributed by atoms with van der Waals surface area (Å²) in [7, 11) is 1.99. The molecule has 1 aliphatic carbocycles. The van der Waals surface area contributed by atoms with Crippen LogP contribution in [0.1, 0.15) is 24.6 Å². The van der Waals surface area contributed by atoms with Gasteiger partial charge in [-0.1, -0.05) is 41.7 Å². The summed E-state index contributed by atoms with van der Waals surface area (Å²) in [5, 5.41) is 4.44. The smallest absolute Gasteiger partial charge is 0.186 e. The van der Waals surface area contributed by atoms with E-state index in [0.29, 0.717) is 0 Å². The number of anilines is 1. The van der Waals surface area contributed by atoms with Crippen molar-refractivity contribution in [2.75, 3.05) is 18.5 Å². The average molecular weight is 287 g/mol. The van der Waals surface area contributed by atoms with Crippen LogP contribution < -0.4 is 10.2 Å². The molecule has 2 aromatic rings. The first-order chi connectivity index (χ1) is 9.83. The second-order valence-corrected chi connectivity index (χ2v) is 6.24. The van der Waals surface area contributed by atoms with Gasteiger partial charge in [-0.3, -0.25) is 0 Å². The van der Waals surface area contributed by atoms with Gasteiger partial charge in [0.15, 0.2) is 5.13 Å². The average Bonchev–Trinajstić information content (AvgIpc) is 3.22. The molecule has 3 rings (SSSR count). The summed E-state index contributed by atoms with van der Waals surface area (Å²) < 4.78 is 0. The first-order valence-corrected chi connectivity index (χ1v) is 8.11. The second kappa shape index (κ2) is 5.94. The topological polar surface area (TPSA) is 28.2 Å². The molecule has 0 amide bonds. The summed E-state index contributed by atoms with van der Waals surface area (Å²) in [5.41, 5.74) is 2.35. The minimum absolute atomic E-state index is 0.720. The monoisotopic (exact) mass is 287 g/mol. The van der Waals surface area contributed by atoms with E-state index in [-0.39, 0.29) is 0 Å². The van der Waals surface area contributed by atoms with Gasteiger partial charge in [0.25, 0.3) is 0 Å². The van der Waals surface area contributed by atoms with Crippen molar-refractivity contribution in [3.8, 4) is 11.3 Å². The van der Waals surface area contributed by atoms with Crippen LogP contribution in [-0.4, -0.2) is 24.6 Å². The van der Waals surface area contributed by atoms with Crippen molar-refractivity contribution < 1.29 is 0 Å². The summed E-state index contributed by atoms with van der Waals surface area (Å²) in [5.74, 6) is 0. The van der Waals surface area contributed by atoms with E-state index < -0.39 is 0 Å². The number of rotatable bonds is 6. The highest BCUT2D eigenvalue weighted by Crippen LogP contribution is 2.38. The summed E-state index contributed by atoms with van der Waals surface area (Å²) in [6.45, 7) is 4.15. The summed E-state index contributed by atoms with van der Waals surface area (Å²) in [6, 6.07) is 11.2. The molecule has 1 aliphatic rings. The zero-order chi connectivity index (χ0) is 13.9. The minimum atomic E-state index is 0.720. The Morgan fingerprint density at radius 3 is 2.65 bits per heavy atom. The lowest BCUT2D eigenvalue weighted by atomic mass is 10.1. The van der Waals surface area contributed by atoms with Crippen LogP contribution in [0.15, 0.2) is 30.3 Å². The molecule has 0 bridgehead atoms. The number of thiazole rings is 1. The van der Waals surface area contributed by atoms with E-state index in [1.165, 1.54) is 28.4 Å². The molecule has 1 fully saturated rings. The maximum Gasteiger partial charge on any atom is 0.186 e. The Kier molecular flexibility index (Phi) is 4.03. The molecule has 1 N–H and O–H groups in total. The zero-order valence-corrected chi connectivity index (χ0v) is 12.9. The fraction of sp³-hybridized carbons (Fsp3) is 0.438. The summed E-state index contributed by atoms with van der Waals surface area (Å²) >= 11 is 1.83. The highest BCUT2D eigenvalue weighted by molar-refractivity contribution is 7.16. The molecule has 1 aromatic heterocycles. The van der Waals surface area contributed by atoms with Gasteiger partial charge >= 0.3 is 0 Å². The third kappa shape index (κ3) is 2.72. The molecule has 0 spiro atoms. The highest BCUT2D eigenvalue weighted by Gasteiger charge is 2.30. The van der Waals surface area contributed by atoms with Gasteiger partial charge in [-0.2, -0.15) is 0 Å². The molecule has 1 saturated carbocycles. The van der Waals surface area contributed by atoms with E-state index >= 15 is 0 Å². The van der Waals surface area contributed by atoms with Gasteiger partial charge in [-0.15, -0.1) is 0 Å². The van der Waals surface area contributed by atoms with Gasteiger partial charge in [0, 0.05) is 29.6 Å². The fourth-order valence-electron chi connectivity index (χ4n) is 2.50. The van der Waals surface area contributed by atoms with Gasteiger partial charge in [0.2, 0.25) is 0 Å². The van der Waals surface area contributed by atoms with E-state index in [9.17, 15) is 0 Å². The number of nitrogens with zero attached hydrogens (tertiary/aromatic N) is 2. The maximum atomic E-state index is 4.94. The molecule has 1 aromatic carbocycles. The molecule has 0 aliphatic heterocycles. The van der Waals surface area contributed by atoms with Crippen LogP contribution in [0.2, 0.25) is 0 Å². The molecule has 20 heavy (non-hydrogen) atoms. The van der Waals surface area contributed by atoms with E-state index in [1.54, 1.807) is 0 Å². The predicted molar refractivity (Wildman–Crippen MR) is 86.4 cm³/mol. The number of benzene rings is 1. The molecule has 106 valence electrons. The molecule has 0 unspecified atom stereocenters. The lowest BCUT2D eigenvalue weighted by molar-refractivity contribution is 0.820. The van der Waals surface area contributed by atoms with Crippen molar-refractivity contribution in [2.24, 2.45) is 0 Å². The summed E-state index contributed by atoms with van der Waals surface area (Å²) in [6.07, 6.45) is 2.63. The first kappa shape index (κ1) is 13.6. The predicted octanol–water partition coefficient (Wildman–Crippen LogP) is 3.52. The Labute approximate surface area is 124 Å². The number of hydrogen-bond donors (Lipinski definition) is 1. The Morgan fingerprint density at radius 2 is 2.05 bits per heavy atom. The first-order valence-electron chi connectivity index (χ1n) is 7.29. The Bertz CT molecular complexity index is 560. The van der Waals surface area contributed by atoms with Gasteiger partial charge in [0.1, 0.15) is 0 Å². The Morgan fingerprint density at radius 1 is 1.30 bits per heavy atom. The number of hydrogen-bond acceptors (Lipinski definition) is 4. The van der Waals surface area contributed by atoms with Crippen LogP contribution in [0, 0.1) is 0 Å². The summed E-state index contributed by atoms with van der Waals surface area (Å²) in [4.78, 5) is 8.72. The van der Waals surface area contributed by atoms with Crippen LogP contribution in [0.25, 0.3) is 11.3 Å². The van der Waals surface area contributed by atoms with Gasteiger partial charge < -0.3 is 10.2 Å². The van der Waals surface area contributed by atoms with Crippen molar-refractivity contribution in [3.05, 3.63) is 35.2 Å². The van der Waals surface area contributed by atoms with Crippen LogP contribution in [0.3, 0.4) is 0 Å². The van der Waals surface area contributed by atoms with E-state index in [2.05, 4.69) is 47.5 Å². The fourth-order valence-corrected chi connectivity index (χ4v) is 3.73. The van der Waals surface area contributed by atoms with E-state index in [0.717, 1.165) is 24.8 Å². The van der Waals surface area contributed by atoms with Gasteiger partial charge in [0.05, 0.1) is 5.69 Å². The van der Waals surface area contributed by atoms with E-state index in [1.807, 2.05) is 18.4 Å². The van der Waals surface area contributed by atoms with Crippen molar-refractivity contribution in [1.82, 2.24) is 10.3 Å². The van der Waals surface area contributed by atoms with Crippen LogP contribution in [-0.2, 0) is 6.54 Å². The normalized spacial score (nSPS) is 14.5. The zero-order valence-electron chi connectivity index (χ0n) is 12.1. The van der Waals surface area contributed by atoms with Crippen molar-refractivity contribution >= 4 is 16.5 Å². The molecule has 3 nitrogen and oxygen atoms in total. The quantitative estimate of drug-likeness (QED) is 0.881. The van der Waals surface area contributed by atoms with Crippen molar-refractivity contribution in [3.63, 3.8) is 0 Å². The molecule has 1 heterocycles. The molecular weight excluding hydrogens is 266 g/mol. The number of aromatic nitrogens is 1. The highest BCUT2D eigenvalue weighted by atomic mass is 32.1. The largest absolute Gasteiger partial charge is 0.345 e. The molecule has 0 saturated heterocycles. The number of nitrogens with one attached hydrogen (secondary N) is 1. The Balaban J connectivity index is 1.97.